The Hall–Kier alpha value is -1.44. The number of amides is 1. The summed E-state index contributed by atoms with van der Waals surface area (Å²) in [5.74, 6) is -0.222. The van der Waals surface area contributed by atoms with E-state index in [-0.39, 0.29) is 17.9 Å². The fraction of sp³-hybridized carbons (Fsp3) is 0.533. The summed E-state index contributed by atoms with van der Waals surface area (Å²) in [7, 11) is -1.43. The van der Waals surface area contributed by atoms with Crippen molar-refractivity contribution in [2.24, 2.45) is 5.92 Å². The molecule has 0 radical (unpaired) electrons. The summed E-state index contributed by atoms with van der Waals surface area (Å²) in [4.78, 5) is 15.9. The van der Waals surface area contributed by atoms with Crippen LogP contribution in [0, 0.1) is 5.92 Å². The second kappa shape index (κ2) is 5.33. The molecule has 0 saturated carbocycles. The van der Waals surface area contributed by atoms with Gasteiger partial charge >= 0.3 is 0 Å². The molecule has 3 atom stereocenters. The van der Waals surface area contributed by atoms with Gasteiger partial charge in [-0.2, -0.15) is 0 Å². The third-order valence-electron chi connectivity index (χ3n) is 4.67. The first-order valence-electron chi connectivity index (χ1n) is 7.23. The average molecular weight is 324 g/mol. The highest BCUT2D eigenvalue weighted by Gasteiger charge is 2.50. The summed E-state index contributed by atoms with van der Waals surface area (Å²) >= 11 is 0. The lowest BCUT2D eigenvalue weighted by molar-refractivity contribution is -0.135. The molecule has 0 aliphatic carbocycles. The van der Waals surface area contributed by atoms with Crippen LogP contribution in [0.25, 0.3) is 0 Å². The molecule has 120 valence electrons. The first kappa shape index (κ1) is 15.5. The summed E-state index contributed by atoms with van der Waals surface area (Å²) in [6, 6.07) is 6.93. The third-order valence-corrected chi connectivity index (χ3v) is 5.80. The Morgan fingerprint density at radius 2 is 1.86 bits per heavy atom. The first-order chi connectivity index (χ1) is 10.3. The van der Waals surface area contributed by atoms with Gasteiger partial charge in [0, 0.05) is 38.9 Å². The van der Waals surface area contributed by atoms with E-state index >= 15 is 0 Å². The monoisotopic (exact) mass is 324 g/mol. The van der Waals surface area contributed by atoms with E-state index in [1.54, 1.807) is 24.1 Å². The van der Waals surface area contributed by atoms with Gasteiger partial charge in [0.2, 0.25) is 0 Å². The molecular weight excluding hydrogens is 304 g/mol. The molecule has 2 aliphatic rings. The summed E-state index contributed by atoms with van der Waals surface area (Å²) in [6.45, 7) is 2.10. The summed E-state index contributed by atoms with van der Waals surface area (Å²) in [6.07, 6.45) is 0.297. The number of hydrogen-bond acceptors (Lipinski definition) is 5. The Balaban J connectivity index is 1.68. The maximum atomic E-state index is 11.7. The number of likely N-dealkylation sites (N-methyl/N-ethyl adjacent to an activating group) is 1. The summed E-state index contributed by atoms with van der Waals surface area (Å²) in [5.41, 5.74) is 1.02. The third kappa shape index (κ3) is 2.64. The summed E-state index contributed by atoms with van der Waals surface area (Å²) in [5, 5.41) is 9.96. The number of likely N-dealkylation sites (tertiary alicyclic amines) is 2. The van der Waals surface area contributed by atoms with Crippen LogP contribution in [0.3, 0.4) is 0 Å². The van der Waals surface area contributed by atoms with Gasteiger partial charge in [-0.3, -0.25) is 9.69 Å². The van der Waals surface area contributed by atoms with Crippen LogP contribution < -0.4 is 0 Å². The number of benzene rings is 1. The second-order valence-electron chi connectivity index (χ2n) is 6.24. The minimum atomic E-state index is -3.17. The molecule has 3 rings (SSSR count). The topological polar surface area (TPSA) is 77.9 Å². The average Bonchev–Trinajstić information content (AvgIpc) is 2.95. The first-order valence-corrected chi connectivity index (χ1v) is 9.12. The van der Waals surface area contributed by atoms with Crippen molar-refractivity contribution in [1.82, 2.24) is 9.80 Å². The SMILES string of the molecule is CN1C(=O)[C@@H](O)[C@H]2CN(Cc3ccc(S(C)(=O)=O)cc3)C[C@H]21. The number of carbonyl (C=O) groups is 1. The fourth-order valence-electron chi connectivity index (χ4n) is 3.40. The Morgan fingerprint density at radius 3 is 2.41 bits per heavy atom. The minimum absolute atomic E-state index is 0.0345. The standard InChI is InChI=1S/C15H20N2O4S/c1-16-13-9-17(8-12(13)14(18)15(16)19)7-10-3-5-11(6-4-10)22(2,20)21/h3-6,12-14,18H,7-9H2,1-2H3/t12-,13+,14-/m0/s1. The normalized spacial score (nSPS) is 29.1. The molecule has 2 fully saturated rings. The van der Waals surface area contributed by atoms with Crippen molar-refractivity contribution in [3.05, 3.63) is 29.8 Å². The van der Waals surface area contributed by atoms with Gasteiger partial charge in [0.1, 0.15) is 6.10 Å². The molecular formula is C15H20N2O4S. The number of sulfone groups is 1. The van der Waals surface area contributed by atoms with Gasteiger partial charge in [-0.25, -0.2) is 8.42 Å². The quantitative estimate of drug-likeness (QED) is 0.828. The van der Waals surface area contributed by atoms with E-state index in [0.29, 0.717) is 18.0 Å². The molecule has 22 heavy (non-hydrogen) atoms. The van der Waals surface area contributed by atoms with Crippen LogP contribution in [0.1, 0.15) is 5.56 Å². The number of nitrogens with zero attached hydrogens (tertiary/aromatic N) is 2. The maximum Gasteiger partial charge on any atom is 0.251 e. The maximum absolute atomic E-state index is 11.7. The van der Waals surface area contributed by atoms with Crippen LogP contribution in [-0.2, 0) is 21.2 Å². The second-order valence-corrected chi connectivity index (χ2v) is 8.25. The number of fused-ring (bicyclic) bond motifs is 1. The molecule has 0 aromatic heterocycles. The van der Waals surface area contributed by atoms with Gasteiger partial charge in [0.05, 0.1) is 10.9 Å². The number of rotatable bonds is 3. The van der Waals surface area contributed by atoms with Crippen LogP contribution in [0.15, 0.2) is 29.2 Å². The van der Waals surface area contributed by atoms with Crippen LogP contribution >= 0.6 is 0 Å². The lowest BCUT2D eigenvalue weighted by Gasteiger charge is -2.21. The zero-order valence-electron chi connectivity index (χ0n) is 12.6. The van der Waals surface area contributed by atoms with Crippen LogP contribution in [0.4, 0.5) is 0 Å². The molecule has 0 spiro atoms. The van der Waals surface area contributed by atoms with E-state index < -0.39 is 15.9 Å². The van der Waals surface area contributed by atoms with Gasteiger partial charge in [0.15, 0.2) is 9.84 Å². The van der Waals surface area contributed by atoms with Gasteiger partial charge in [0.25, 0.3) is 5.91 Å². The zero-order chi connectivity index (χ0) is 16.1. The van der Waals surface area contributed by atoms with Crippen LogP contribution in [-0.4, -0.2) is 67.8 Å². The number of hydrogen-bond donors (Lipinski definition) is 1. The van der Waals surface area contributed by atoms with Gasteiger partial charge in [-0.05, 0) is 17.7 Å². The van der Waals surface area contributed by atoms with E-state index in [1.807, 2.05) is 12.1 Å². The van der Waals surface area contributed by atoms with E-state index in [2.05, 4.69) is 4.90 Å². The van der Waals surface area contributed by atoms with Crippen LogP contribution in [0.2, 0.25) is 0 Å². The summed E-state index contributed by atoms with van der Waals surface area (Å²) < 4.78 is 22.9. The highest BCUT2D eigenvalue weighted by molar-refractivity contribution is 7.90. The molecule has 6 nitrogen and oxygen atoms in total. The molecule has 2 heterocycles. The van der Waals surface area contributed by atoms with Crippen molar-refractivity contribution in [2.45, 2.75) is 23.6 Å². The lowest BCUT2D eigenvalue weighted by Crippen LogP contribution is -2.36. The molecule has 1 amide bonds. The Morgan fingerprint density at radius 1 is 1.23 bits per heavy atom. The number of aliphatic hydroxyl groups is 1. The smallest absolute Gasteiger partial charge is 0.251 e. The fourth-order valence-corrected chi connectivity index (χ4v) is 4.03. The highest BCUT2D eigenvalue weighted by atomic mass is 32.2. The van der Waals surface area contributed by atoms with E-state index in [1.165, 1.54) is 6.26 Å². The molecule has 1 aromatic carbocycles. The Kier molecular flexibility index (Phi) is 3.74. The minimum Gasteiger partial charge on any atom is -0.383 e. The van der Waals surface area contributed by atoms with E-state index in [4.69, 9.17) is 0 Å². The van der Waals surface area contributed by atoms with Gasteiger partial charge in [-0.1, -0.05) is 12.1 Å². The Bertz CT molecular complexity index is 666. The number of aliphatic hydroxyl groups excluding tert-OH is 1. The predicted molar refractivity (Wildman–Crippen MR) is 80.9 cm³/mol. The lowest BCUT2D eigenvalue weighted by atomic mass is 10.0. The van der Waals surface area contributed by atoms with Crippen molar-refractivity contribution in [1.29, 1.82) is 0 Å². The van der Waals surface area contributed by atoms with Crippen molar-refractivity contribution >= 4 is 15.7 Å². The predicted octanol–water partition coefficient (Wildman–Crippen LogP) is -0.277. The number of carbonyl (C=O) groups excluding carboxylic acids is 1. The molecule has 1 N–H and O–H groups in total. The molecule has 0 unspecified atom stereocenters. The largest absolute Gasteiger partial charge is 0.383 e. The van der Waals surface area contributed by atoms with E-state index in [9.17, 15) is 18.3 Å². The molecule has 2 aliphatic heterocycles. The van der Waals surface area contributed by atoms with E-state index in [0.717, 1.165) is 12.1 Å². The molecule has 7 heteroatoms. The van der Waals surface area contributed by atoms with Gasteiger partial charge < -0.3 is 10.0 Å². The molecule has 2 saturated heterocycles. The van der Waals surface area contributed by atoms with Crippen molar-refractivity contribution in [3.8, 4) is 0 Å². The van der Waals surface area contributed by atoms with Gasteiger partial charge in [-0.15, -0.1) is 0 Å². The molecule has 0 bridgehead atoms. The van der Waals surface area contributed by atoms with Crippen LogP contribution in [0.5, 0.6) is 0 Å². The highest BCUT2D eigenvalue weighted by Crippen LogP contribution is 2.32. The van der Waals surface area contributed by atoms with Crippen molar-refractivity contribution < 1.29 is 18.3 Å². The Labute approximate surface area is 130 Å². The molecule has 1 aromatic rings. The van der Waals surface area contributed by atoms with Crippen molar-refractivity contribution in [3.63, 3.8) is 0 Å². The zero-order valence-corrected chi connectivity index (χ0v) is 13.5. The van der Waals surface area contributed by atoms with Crippen molar-refractivity contribution in [2.75, 3.05) is 26.4 Å².